The fourth-order valence-electron chi connectivity index (χ4n) is 2.19. The van der Waals surface area contributed by atoms with Crippen LogP contribution in [0, 0.1) is 16.7 Å². The van der Waals surface area contributed by atoms with Gasteiger partial charge in [0, 0.05) is 6.42 Å². The number of aliphatic hydroxyl groups is 1. The van der Waals surface area contributed by atoms with E-state index in [-0.39, 0.29) is 22.9 Å². The molecule has 0 saturated heterocycles. The van der Waals surface area contributed by atoms with Crippen LogP contribution in [0.15, 0.2) is 0 Å². The van der Waals surface area contributed by atoms with E-state index >= 15 is 0 Å². The molecule has 16 heavy (non-hydrogen) atoms. The largest absolute Gasteiger partial charge is 0.393 e. The van der Waals surface area contributed by atoms with Gasteiger partial charge in [-0.15, -0.1) is 0 Å². The lowest BCUT2D eigenvalue weighted by Gasteiger charge is -2.37. The highest BCUT2D eigenvalue weighted by atomic mass is 16.3. The highest BCUT2D eigenvalue weighted by Gasteiger charge is 2.32. The second-order valence-electron chi connectivity index (χ2n) is 6.99. The Balaban J connectivity index is 4.56. The van der Waals surface area contributed by atoms with E-state index in [0.29, 0.717) is 6.42 Å². The minimum Gasteiger partial charge on any atom is -0.393 e. The summed E-state index contributed by atoms with van der Waals surface area (Å²) in [6.45, 7) is 12.7. The van der Waals surface area contributed by atoms with Gasteiger partial charge in [0.1, 0.15) is 0 Å². The molecule has 2 unspecified atom stereocenters. The van der Waals surface area contributed by atoms with Crippen LogP contribution >= 0.6 is 0 Å². The molecular weight excluding hydrogens is 200 g/mol. The Kier molecular flexibility index (Phi) is 5.67. The average Bonchev–Trinajstić information content (AvgIpc) is 1.98. The summed E-state index contributed by atoms with van der Waals surface area (Å²) in [4.78, 5) is 10.3. The van der Waals surface area contributed by atoms with Crippen LogP contribution in [0.1, 0.15) is 60.8 Å². The van der Waals surface area contributed by atoms with Gasteiger partial charge in [-0.05, 0) is 29.6 Å². The zero-order valence-electron chi connectivity index (χ0n) is 11.6. The van der Waals surface area contributed by atoms with E-state index in [4.69, 9.17) is 0 Å². The third kappa shape index (κ3) is 6.26. The third-order valence-electron chi connectivity index (χ3n) is 2.96. The summed E-state index contributed by atoms with van der Waals surface area (Å²) in [6.07, 6.45) is 3.51. The van der Waals surface area contributed by atoms with Crippen molar-refractivity contribution in [1.29, 1.82) is 0 Å². The highest BCUT2D eigenvalue weighted by molar-refractivity contribution is 5.50. The van der Waals surface area contributed by atoms with Crippen molar-refractivity contribution in [1.82, 2.24) is 0 Å². The van der Waals surface area contributed by atoms with Crippen molar-refractivity contribution in [2.45, 2.75) is 66.9 Å². The van der Waals surface area contributed by atoms with Gasteiger partial charge in [0.2, 0.25) is 0 Å². The molecule has 95 valence electrons. The Labute approximate surface area is 100 Å². The van der Waals surface area contributed by atoms with E-state index in [1.165, 1.54) is 0 Å². The second kappa shape index (κ2) is 5.81. The van der Waals surface area contributed by atoms with Crippen LogP contribution in [-0.2, 0) is 4.79 Å². The summed E-state index contributed by atoms with van der Waals surface area (Å²) in [5, 5.41) is 10.3. The van der Waals surface area contributed by atoms with Crippen LogP contribution in [0.4, 0.5) is 0 Å². The van der Waals surface area contributed by atoms with Crippen LogP contribution in [0.3, 0.4) is 0 Å². The molecule has 2 nitrogen and oxygen atoms in total. The molecule has 0 aromatic carbocycles. The van der Waals surface area contributed by atoms with Gasteiger partial charge in [-0.3, -0.25) is 4.79 Å². The number of hydrogen-bond donors (Lipinski definition) is 1. The Morgan fingerprint density at radius 3 is 1.94 bits per heavy atom. The lowest BCUT2D eigenvalue weighted by molar-refractivity contribution is 0.0112. The first-order chi connectivity index (χ1) is 7.08. The van der Waals surface area contributed by atoms with Crippen LogP contribution in [-0.4, -0.2) is 17.5 Å². The number of rotatable bonds is 5. The monoisotopic (exact) mass is 227 g/mol. The van der Waals surface area contributed by atoms with Crippen molar-refractivity contribution in [3.8, 4) is 0 Å². The summed E-state index contributed by atoms with van der Waals surface area (Å²) >= 11 is 0. The molecule has 0 rings (SSSR count). The van der Waals surface area contributed by atoms with Crippen molar-refractivity contribution < 1.29 is 9.90 Å². The smallest absolute Gasteiger partial charge is 0.198 e. The molecule has 1 radical (unpaired) electrons. The first kappa shape index (κ1) is 15.6. The van der Waals surface area contributed by atoms with Gasteiger partial charge in [0.15, 0.2) is 6.29 Å². The fraction of sp³-hybridized carbons (Fsp3) is 0.929. The van der Waals surface area contributed by atoms with Crippen LogP contribution < -0.4 is 0 Å². The van der Waals surface area contributed by atoms with Gasteiger partial charge in [-0.25, -0.2) is 0 Å². The molecular formula is C14H27O2. The Hall–Kier alpha value is -0.370. The molecule has 0 aromatic heterocycles. The van der Waals surface area contributed by atoms with Crippen molar-refractivity contribution in [3.63, 3.8) is 0 Å². The third-order valence-corrected chi connectivity index (χ3v) is 2.96. The number of hydrogen-bond acceptors (Lipinski definition) is 2. The van der Waals surface area contributed by atoms with E-state index in [2.05, 4.69) is 41.5 Å². The summed E-state index contributed by atoms with van der Waals surface area (Å²) < 4.78 is 0. The minimum atomic E-state index is -0.339. The van der Waals surface area contributed by atoms with Gasteiger partial charge in [-0.1, -0.05) is 41.5 Å². The lowest BCUT2D eigenvalue weighted by atomic mass is 9.71. The van der Waals surface area contributed by atoms with E-state index in [1.807, 2.05) is 6.29 Å². The van der Waals surface area contributed by atoms with Crippen LogP contribution in [0.2, 0.25) is 0 Å². The standard InChI is InChI=1S/C14H27O2/c1-13(2,3)10-12(16)11(8-7-9-15)14(4,5)6/h11-12,16H,7-8,10H2,1-6H3. The van der Waals surface area contributed by atoms with Crippen molar-refractivity contribution >= 4 is 6.29 Å². The first-order valence-corrected chi connectivity index (χ1v) is 6.11. The first-order valence-electron chi connectivity index (χ1n) is 6.11. The predicted octanol–water partition coefficient (Wildman–Crippen LogP) is 3.34. The molecule has 0 spiro atoms. The molecule has 0 heterocycles. The number of carbonyl (C=O) groups excluding carboxylic acids is 1. The fourth-order valence-corrected chi connectivity index (χ4v) is 2.19. The zero-order chi connectivity index (χ0) is 13.0. The lowest BCUT2D eigenvalue weighted by Crippen LogP contribution is -2.34. The van der Waals surface area contributed by atoms with Gasteiger partial charge >= 0.3 is 0 Å². The van der Waals surface area contributed by atoms with Crippen LogP contribution in [0.25, 0.3) is 0 Å². The Morgan fingerprint density at radius 1 is 1.12 bits per heavy atom. The normalized spacial score (nSPS) is 16.9. The van der Waals surface area contributed by atoms with E-state index in [9.17, 15) is 9.90 Å². The maximum absolute atomic E-state index is 10.3. The molecule has 0 amide bonds. The summed E-state index contributed by atoms with van der Waals surface area (Å²) in [5.41, 5.74) is 0.148. The van der Waals surface area contributed by atoms with Crippen molar-refractivity contribution in [2.24, 2.45) is 16.7 Å². The molecule has 1 N–H and O–H groups in total. The molecule has 0 aromatic rings. The molecule has 0 fully saturated rings. The van der Waals surface area contributed by atoms with E-state index in [1.54, 1.807) is 0 Å². The Morgan fingerprint density at radius 2 is 1.62 bits per heavy atom. The zero-order valence-corrected chi connectivity index (χ0v) is 11.6. The Bertz CT molecular complexity index is 208. The van der Waals surface area contributed by atoms with E-state index in [0.717, 1.165) is 12.8 Å². The molecule has 2 heteroatoms. The molecule has 0 aliphatic rings. The van der Waals surface area contributed by atoms with Crippen molar-refractivity contribution in [2.75, 3.05) is 0 Å². The van der Waals surface area contributed by atoms with Gasteiger partial charge in [0.25, 0.3) is 0 Å². The van der Waals surface area contributed by atoms with Crippen LogP contribution in [0.5, 0.6) is 0 Å². The minimum absolute atomic E-state index is 0.0293. The molecule has 2 atom stereocenters. The second-order valence-corrected chi connectivity index (χ2v) is 6.99. The number of aliphatic hydroxyl groups excluding tert-OH is 1. The predicted molar refractivity (Wildman–Crippen MR) is 68.0 cm³/mol. The molecule has 0 bridgehead atoms. The van der Waals surface area contributed by atoms with Gasteiger partial charge in [-0.2, -0.15) is 0 Å². The molecule has 0 aliphatic carbocycles. The summed E-state index contributed by atoms with van der Waals surface area (Å²) in [5.74, 6) is 0.160. The average molecular weight is 227 g/mol. The topological polar surface area (TPSA) is 37.3 Å². The molecule has 0 aliphatic heterocycles. The van der Waals surface area contributed by atoms with E-state index < -0.39 is 0 Å². The quantitative estimate of drug-likeness (QED) is 0.782. The van der Waals surface area contributed by atoms with Gasteiger partial charge in [0.05, 0.1) is 6.10 Å². The summed E-state index contributed by atoms with van der Waals surface area (Å²) in [7, 11) is 0. The summed E-state index contributed by atoms with van der Waals surface area (Å²) in [6, 6.07) is 0. The maximum atomic E-state index is 10.3. The highest BCUT2D eigenvalue weighted by Crippen LogP contribution is 2.36. The van der Waals surface area contributed by atoms with Gasteiger partial charge < -0.3 is 5.11 Å². The van der Waals surface area contributed by atoms with Crippen molar-refractivity contribution in [3.05, 3.63) is 0 Å². The maximum Gasteiger partial charge on any atom is 0.198 e. The molecule has 0 saturated carbocycles. The SMILES string of the molecule is CC(C)(C)CC(O)C(CC[C]=O)C(C)(C)C.